The zero-order chi connectivity index (χ0) is 18.6. The summed E-state index contributed by atoms with van der Waals surface area (Å²) in [6, 6.07) is 6.19. The predicted octanol–water partition coefficient (Wildman–Crippen LogP) is 3.42. The van der Waals surface area contributed by atoms with Crippen molar-refractivity contribution in [1.82, 2.24) is 0 Å². The van der Waals surface area contributed by atoms with Gasteiger partial charge in [0.25, 0.3) is 0 Å². The number of halogens is 4. The molecule has 2 rings (SSSR count). The molecule has 0 aliphatic heterocycles. The first kappa shape index (κ1) is 20.0. The molecule has 0 bridgehead atoms. The fraction of sp³-hybridized carbons (Fsp3) is 0.250. The van der Waals surface area contributed by atoms with Gasteiger partial charge >= 0.3 is 0 Å². The third kappa shape index (κ3) is 5.32. The molecule has 0 saturated carbocycles. The van der Waals surface area contributed by atoms with Crippen LogP contribution in [-0.2, 0) is 16.4 Å². The fourth-order valence-corrected chi connectivity index (χ4v) is 3.78. The maximum absolute atomic E-state index is 14.2. The van der Waals surface area contributed by atoms with Gasteiger partial charge in [-0.1, -0.05) is 6.07 Å². The van der Waals surface area contributed by atoms with E-state index in [1.54, 1.807) is 6.07 Å². The quantitative estimate of drug-likeness (QED) is 0.591. The third-order valence-electron chi connectivity index (χ3n) is 3.42. The van der Waals surface area contributed by atoms with Gasteiger partial charge in [0.1, 0.15) is 5.82 Å². The van der Waals surface area contributed by atoms with Gasteiger partial charge in [0.05, 0.1) is 11.4 Å². The number of sulfonamides is 1. The standard InChI is InChI=1S/C16H15F3INO3S/c17-13-4-5-15(21-25(23,24)7-1-6-22)12(16(13)19)8-10-2-3-11(20)9-14(10)18/h2-5,9,21-22H,1,6-8H2. The van der Waals surface area contributed by atoms with Gasteiger partial charge in [-0.25, -0.2) is 21.6 Å². The maximum atomic E-state index is 14.2. The Labute approximate surface area is 157 Å². The van der Waals surface area contributed by atoms with Gasteiger partial charge in [-0.2, -0.15) is 0 Å². The van der Waals surface area contributed by atoms with E-state index in [4.69, 9.17) is 5.11 Å². The average Bonchev–Trinajstić information content (AvgIpc) is 2.54. The van der Waals surface area contributed by atoms with Crippen molar-refractivity contribution in [3.63, 3.8) is 0 Å². The summed E-state index contributed by atoms with van der Waals surface area (Å²) in [5.74, 6) is -3.36. The molecule has 0 unspecified atom stereocenters. The molecule has 136 valence electrons. The number of aliphatic hydroxyl groups excluding tert-OH is 1. The van der Waals surface area contributed by atoms with Crippen LogP contribution in [0.15, 0.2) is 30.3 Å². The van der Waals surface area contributed by atoms with Gasteiger partial charge in [-0.05, 0) is 58.8 Å². The molecule has 0 heterocycles. The van der Waals surface area contributed by atoms with Gasteiger partial charge in [0.15, 0.2) is 11.6 Å². The summed E-state index contributed by atoms with van der Waals surface area (Å²) < 4.78 is 68.5. The average molecular weight is 485 g/mol. The molecule has 0 saturated heterocycles. The zero-order valence-electron chi connectivity index (χ0n) is 12.9. The summed E-state index contributed by atoms with van der Waals surface area (Å²) in [4.78, 5) is 0. The summed E-state index contributed by atoms with van der Waals surface area (Å²) in [5.41, 5.74) is -0.330. The number of benzene rings is 2. The van der Waals surface area contributed by atoms with Crippen molar-refractivity contribution < 1.29 is 26.7 Å². The van der Waals surface area contributed by atoms with Crippen LogP contribution in [0.25, 0.3) is 0 Å². The first-order valence-electron chi connectivity index (χ1n) is 7.25. The second kappa shape index (κ2) is 8.37. The number of nitrogens with one attached hydrogen (secondary N) is 1. The molecule has 0 spiro atoms. The fourth-order valence-electron chi connectivity index (χ4n) is 2.19. The van der Waals surface area contributed by atoms with Crippen LogP contribution in [0.2, 0.25) is 0 Å². The molecule has 0 fully saturated rings. The molecule has 9 heteroatoms. The van der Waals surface area contributed by atoms with E-state index in [1.165, 1.54) is 12.1 Å². The first-order chi connectivity index (χ1) is 11.7. The summed E-state index contributed by atoms with van der Waals surface area (Å²) in [6.07, 6.45) is -0.315. The minimum atomic E-state index is -3.85. The third-order valence-corrected chi connectivity index (χ3v) is 5.44. The van der Waals surface area contributed by atoms with Crippen molar-refractivity contribution in [2.45, 2.75) is 12.8 Å². The SMILES string of the molecule is O=S(=O)(CCCO)Nc1ccc(F)c(F)c1Cc1ccc(I)cc1F. The Morgan fingerprint density at radius 3 is 2.44 bits per heavy atom. The lowest BCUT2D eigenvalue weighted by atomic mass is 10.0. The van der Waals surface area contributed by atoms with Crippen LogP contribution < -0.4 is 4.72 Å². The van der Waals surface area contributed by atoms with Crippen LogP contribution in [0.4, 0.5) is 18.9 Å². The van der Waals surface area contributed by atoms with E-state index >= 15 is 0 Å². The van der Waals surface area contributed by atoms with Crippen molar-refractivity contribution in [3.8, 4) is 0 Å². The van der Waals surface area contributed by atoms with E-state index in [2.05, 4.69) is 4.72 Å². The van der Waals surface area contributed by atoms with Gasteiger partial charge < -0.3 is 5.11 Å². The molecule has 0 aliphatic carbocycles. The highest BCUT2D eigenvalue weighted by Gasteiger charge is 2.19. The second-order valence-corrected chi connectivity index (χ2v) is 8.39. The molecule has 0 atom stereocenters. The molecule has 0 aromatic heterocycles. The second-order valence-electron chi connectivity index (χ2n) is 5.30. The highest BCUT2D eigenvalue weighted by Crippen LogP contribution is 2.27. The minimum absolute atomic E-state index is 0.0000930. The van der Waals surface area contributed by atoms with E-state index in [1.807, 2.05) is 22.6 Å². The minimum Gasteiger partial charge on any atom is -0.396 e. The zero-order valence-corrected chi connectivity index (χ0v) is 15.9. The normalized spacial score (nSPS) is 11.6. The number of rotatable bonds is 7. The van der Waals surface area contributed by atoms with E-state index in [9.17, 15) is 21.6 Å². The van der Waals surface area contributed by atoms with Crippen molar-refractivity contribution in [1.29, 1.82) is 0 Å². The summed E-state index contributed by atoms with van der Waals surface area (Å²) in [6.45, 7) is -0.320. The van der Waals surface area contributed by atoms with Crippen LogP contribution >= 0.6 is 22.6 Å². The molecule has 2 aromatic carbocycles. The summed E-state index contributed by atoms with van der Waals surface area (Å²) in [7, 11) is -3.85. The smallest absolute Gasteiger partial charge is 0.232 e. The molecule has 2 N–H and O–H groups in total. The molecule has 0 radical (unpaired) electrons. The van der Waals surface area contributed by atoms with Crippen LogP contribution in [0.3, 0.4) is 0 Å². The number of hydrogen-bond donors (Lipinski definition) is 2. The Hall–Kier alpha value is -1.33. The molecular formula is C16H15F3INO3S. The number of aliphatic hydroxyl groups is 1. The molecule has 0 aliphatic rings. The lowest BCUT2D eigenvalue weighted by molar-refractivity contribution is 0.295. The van der Waals surface area contributed by atoms with E-state index in [0.717, 1.165) is 12.1 Å². The predicted molar refractivity (Wildman–Crippen MR) is 97.4 cm³/mol. The molecule has 0 amide bonds. The monoisotopic (exact) mass is 485 g/mol. The Morgan fingerprint density at radius 1 is 1.08 bits per heavy atom. The van der Waals surface area contributed by atoms with Gasteiger partial charge in [0, 0.05) is 22.2 Å². The Bertz CT molecular complexity index is 875. The van der Waals surface area contributed by atoms with Crippen molar-refractivity contribution in [2.75, 3.05) is 17.1 Å². The molecule has 25 heavy (non-hydrogen) atoms. The van der Waals surface area contributed by atoms with E-state index < -0.39 is 27.5 Å². The lowest BCUT2D eigenvalue weighted by Crippen LogP contribution is -2.19. The maximum Gasteiger partial charge on any atom is 0.232 e. The van der Waals surface area contributed by atoms with Crippen molar-refractivity contribution >= 4 is 38.3 Å². The van der Waals surface area contributed by atoms with E-state index in [-0.39, 0.29) is 42.0 Å². The van der Waals surface area contributed by atoms with Crippen molar-refractivity contribution in [3.05, 3.63) is 62.5 Å². The number of hydrogen-bond acceptors (Lipinski definition) is 3. The Kier molecular flexibility index (Phi) is 6.69. The number of anilines is 1. The van der Waals surface area contributed by atoms with Gasteiger partial charge in [-0.15, -0.1) is 0 Å². The van der Waals surface area contributed by atoms with E-state index in [0.29, 0.717) is 3.57 Å². The van der Waals surface area contributed by atoms with Crippen molar-refractivity contribution in [2.24, 2.45) is 0 Å². The largest absolute Gasteiger partial charge is 0.396 e. The summed E-state index contributed by atoms with van der Waals surface area (Å²) >= 11 is 1.92. The lowest BCUT2D eigenvalue weighted by Gasteiger charge is -2.14. The molecular weight excluding hydrogens is 470 g/mol. The van der Waals surface area contributed by atoms with Gasteiger partial charge in [-0.3, -0.25) is 4.72 Å². The Balaban J connectivity index is 2.40. The first-order valence-corrected chi connectivity index (χ1v) is 9.99. The highest BCUT2D eigenvalue weighted by atomic mass is 127. The highest BCUT2D eigenvalue weighted by molar-refractivity contribution is 14.1. The molecule has 2 aromatic rings. The van der Waals surface area contributed by atoms with Crippen LogP contribution in [0.5, 0.6) is 0 Å². The Morgan fingerprint density at radius 2 is 1.80 bits per heavy atom. The van der Waals surface area contributed by atoms with Gasteiger partial charge in [0.2, 0.25) is 10.0 Å². The molecule has 4 nitrogen and oxygen atoms in total. The topological polar surface area (TPSA) is 66.4 Å². The van der Waals surface area contributed by atoms with Crippen LogP contribution in [0, 0.1) is 21.0 Å². The van der Waals surface area contributed by atoms with Crippen LogP contribution in [-0.4, -0.2) is 25.9 Å². The summed E-state index contributed by atoms with van der Waals surface area (Å²) in [5, 5.41) is 8.73. The van der Waals surface area contributed by atoms with Crippen LogP contribution in [0.1, 0.15) is 17.5 Å².